The van der Waals surface area contributed by atoms with E-state index in [1.807, 2.05) is 55.5 Å². The second-order valence-corrected chi connectivity index (χ2v) is 6.75. The van der Waals surface area contributed by atoms with E-state index in [9.17, 15) is 4.79 Å². The Morgan fingerprint density at radius 2 is 1.73 bits per heavy atom. The van der Waals surface area contributed by atoms with Crippen molar-refractivity contribution in [1.29, 1.82) is 0 Å². The Balaban J connectivity index is 1.34. The summed E-state index contributed by atoms with van der Waals surface area (Å²) in [6, 6.07) is 21.5. The van der Waals surface area contributed by atoms with Gasteiger partial charge in [0.25, 0.3) is 0 Å². The molecule has 0 saturated carbocycles. The lowest BCUT2D eigenvalue weighted by atomic mass is 10.1. The molecule has 156 valence electrons. The Labute approximate surface area is 177 Å². The Hall–Kier alpha value is -3.41. The molecule has 3 aromatic rings. The number of rotatable bonds is 11. The first-order valence-corrected chi connectivity index (χ1v) is 10.2. The van der Waals surface area contributed by atoms with Crippen LogP contribution in [0.3, 0.4) is 0 Å². The Kier molecular flexibility index (Phi) is 8.21. The molecule has 0 unspecified atom stereocenters. The van der Waals surface area contributed by atoms with E-state index in [-0.39, 0.29) is 5.91 Å². The van der Waals surface area contributed by atoms with Crippen molar-refractivity contribution in [3.05, 3.63) is 72.3 Å². The van der Waals surface area contributed by atoms with Gasteiger partial charge in [0.1, 0.15) is 12.4 Å². The zero-order chi connectivity index (χ0) is 21.0. The van der Waals surface area contributed by atoms with Crippen LogP contribution in [0.5, 0.6) is 11.6 Å². The molecule has 0 atom stereocenters. The number of aryl methyl sites for hydroxylation is 1. The van der Waals surface area contributed by atoms with Gasteiger partial charge in [-0.15, -0.1) is 10.2 Å². The summed E-state index contributed by atoms with van der Waals surface area (Å²) in [6.07, 6.45) is 2.24. The maximum Gasteiger partial charge on any atom is 0.233 e. The van der Waals surface area contributed by atoms with Crippen LogP contribution in [0.4, 0.5) is 0 Å². The van der Waals surface area contributed by atoms with E-state index in [0.29, 0.717) is 32.1 Å². The van der Waals surface area contributed by atoms with Gasteiger partial charge in [0.2, 0.25) is 11.8 Å². The third-order valence-corrected chi connectivity index (χ3v) is 4.49. The standard InChI is InChI=1S/C24H27N3O3/c1-2-29-21-13-11-20(12-14-21)22-15-16-24(27-26-22)30-18-17-25-23(28)10-6-9-19-7-4-3-5-8-19/h3-5,7-8,11-16H,2,6,9-10,17-18H2,1H3,(H,25,28). The number of benzene rings is 2. The van der Waals surface area contributed by atoms with E-state index >= 15 is 0 Å². The highest BCUT2D eigenvalue weighted by atomic mass is 16.5. The number of nitrogens with zero attached hydrogens (tertiary/aromatic N) is 2. The minimum absolute atomic E-state index is 0.0338. The van der Waals surface area contributed by atoms with Crippen molar-refractivity contribution < 1.29 is 14.3 Å². The van der Waals surface area contributed by atoms with Crippen molar-refractivity contribution in [3.8, 4) is 22.9 Å². The van der Waals surface area contributed by atoms with Crippen molar-refractivity contribution >= 4 is 5.91 Å². The van der Waals surface area contributed by atoms with Crippen LogP contribution in [0.1, 0.15) is 25.3 Å². The number of aromatic nitrogens is 2. The smallest absolute Gasteiger partial charge is 0.233 e. The normalized spacial score (nSPS) is 10.4. The largest absolute Gasteiger partial charge is 0.494 e. The maximum absolute atomic E-state index is 11.9. The van der Waals surface area contributed by atoms with Gasteiger partial charge in [-0.05, 0) is 55.7 Å². The van der Waals surface area contributed by atoms with Crippen LogP contribution in [0.15, 0.2) is 66.7 Å². The van der Waals surface area contributed by atoms with E-state index < -0.39 is 0 Å². The SMILES string of the molecule is CCOc1ccc(-c2ccc(OCCNC(=O)CCCc3ccccc3)nn2)cc1. The van der Waals surface area contributed by atoms with Crippen molar-refractivity contribution in [2.45, 2.75) is 26.2 Å². The summed E-state index contributed by atoms with van der Waals surface area (Å²) in [5.41, 5.74) is 2.97. The molecule has 0 saturated heterocycles. The molecule has 0 spiro atoms. The van der Waals surface area contributed by atoms with E-state index in [2.05, 4.69) is 27.6 Å². The number of hydrogen-bond donors (Lipinski definition) is 1. The molecule has 2 aromatic carbocycles. The molecule has 0 aliphatic carbocycles. The predicted molar refractivity (Wildman–Crippen MR) is 117 cm³/mol. The summed E-state index contributed by atoms with van der Waals surface area (Å²) in [7, 11) is 0. The lowest BCUT2D eigenvalue weighted by Gasteiger charge is -2.08. The van der Waals surface area contributed by atoms with Gasteiger partial charge >= 0.3 is 0 Å². The second-order valence-electron chi connectivity index (χ2n) is 6.75. The fourth-order valence-electron chi connectivity index (χ4n) is 2.97. The van der Waals surface area contributed by atoms with Gasteiger partial charge in [-0.1, -0.05) is 30.3 Å². The van der Waals surface area contributed by atoms with Crippen LogP contribution < -0.4 is 14.8 Å². The summed E-state index contributed by atoms with van der Waals surface area (Å²) in [5, 5.41) is 11.2. The summed E-state index contributed by atoms with van der Waals surface area (Å²) in [5.74, 6) is 1.30. The van der Waals surface area contributed by atoms with Gasteiger partial charge in [0.05, 0.1) is 18.8 Å². The van der Waals surface area contributed by atoms with Gasteiger partial charge in [-0.25, -0.2) is 0 Å². The molecule has 6 heteroatoms. The third-order valence-electron chi connectivity index (χ3n) is 4.49. The van der Waals surface area contributed by atoms with E-state index in [0.717, 1.165) is 29.8 Å². The Morgan fingerprint density at radius 3 is 2.43 bits per heavy atom. The van der Waals surface area contributed by atoms with Crippen molar-refractivity contribution in [2.75, 3.05) is 19.8 Å². The van der Waals surface area contributed by atoms with Crippen LogP contribution in [0.25, 0.3) is 11.3 Å². The molecule has 1 heterocycles. The lowest BCUT2D eigenvalue weighted by molar-refractivity contribution is -0.121. The van der Waals surface area contributed by atoms with Gasteiger partial charge < -0.3 is 14.8 Å². The van der Waals surface area contributed by atoms with Crippen LogP contribution in [-0.4, -0.2) is 35.9 Å². The quantitative estimate of drug-likeness (QED) is 0.487. The van der Waals surface area contributed by atoms with Crippen molar-refractivity contribution in [2.24, 2.45) is 0 Å². The molecule has 0 bridgehead atoms. The number of carbonyl (C=O) groups is 1. The number of carbonyl (C=O) groups excluding carboxylic acids is 1. The first-order chi connectivity index (χ1) is 14.7. The minimum atomic E-state index is 0.0338. The zero-order valence-electron chi connectivity index (χ0n) is 17.2. The van der Waals surface area contributed by atoms with Crippen LogP contribution in [0, 0.1) is 0 Å². The molecule has 0 fully saturated rings. The van der Waals surface area contributed by atoms with Gasteiger partial charge in [-0.3, -0.25) is 4.79 Å². The average molecular weight is 405 g/mol. The highest BCUT2D eigenvalue weighted by Crippen LogP contribution is 2.21. The Bertz CT molecular complexity index is 897. The average Bonchev–Trinajstić information content (AvgIpc) is 2.79. The molecule has 1 aromatic heterocycles. The summed E-state index contributed by atoms with van der Waals surface area (Å²) < 4.78 is 11.0. The van der Waals surface area contributed by atoms with Gasteiger partial charge in [-0.2, -0.15) is 0 Å². The highest BCUT2D eigenvalue weighted by molar-refractivity contribution is 5.75. The third kappa shape index (κ3) is 6.88. The molecule has 0 aliphatic rings. The summed E-state index contributed by atoms with van der Waals surface area (Å²) in [4.78, 5) is 11.9. The highest BCUT2D eigenvalue weighted by Gasteiger charge is 2.04. The summed E-state index contributed by atoms with van der Waals surface area (Å²) >= 11 is 0. The lowest BCUT2D eigenvalue weighted by Crippen LogP contribution is -2.28. The molecular weight excluding hydrogens is 378 g/mol. The topological polar surface area (TPSA) is 73.3 Å². The number of hydrogen-bond acceptors (Lipinski definition) is 5. The van der Waals surface area contributed by atoms with Crippen molar-refractivity contribution in [1.82, 2.24) is 15.5 Å². The van der Waals surface area contributed by atoms with Gasteiger partial charge in [0, 0.05) is 18.1 Å². The Morgan fingerprint density at radius 1 is 0.933 bits per heavy atom. The fourth-order valence-corrected chi connectivity index (χ4v) is 2.97. The molecule has 0 aliphatic heterocycles. The molecule has 0 radical (unpaired) electrons. The number of nitrogens with one attached hydrogen (secondary N) is 1. The van der Waals surface area contributed by atoms with Gasteiger partial charge in [0.15, 0.2) is 0 Å². The van der Waals surface area contributed by atoms with E-state index in [4.69, 9.17) is 9.47 Å². The number of ether oxygens (including phenoxy) is 2. The van der Waals surface area contributed by atoms with Crippen molar-refractivity contribution in [3.63, 3.8) is 0 Å². The van der Waals surface area contributed by atoms with Crippen LogP contribution in [0.2, 0.25) is 0 Å². The first-order valence-electron chi connectivity index (χ1n) is 10.2. The molecule has 3 rings (SSSR count). The molecule has 30 heavy (non-hydrogen) atoms. The van der Waals surface area contributed by atoms with E-state index in [1.54, 1.807) is 6.07 Å². The maximum atomic E-state index is 11.9. The second kappa shape index (κ2) is 11.6. The van der Waals surface area contributed by atoms with Crippen LogP contribution in [-0.2, 0) is 11.2 Å². The first kappa shape index (κ1) is 21.3. The van der Waals surface area contributed by atoms with Crippen LogP contribution >= 0.6 is 0 Å². The molecule has 1 amide bonds. The molecule has 6 nitrogen and oxygen atoms in total. The predicted octanol–water partition coefficient (Wildman–Crippen LogP) is 4.06. The minimum Gasteiger partial charge on any atom is -0.494 e. The monoisotopic (exact) mass is 405 g/mol. The molecular formula is C24H27N3O3. The fraction of sp³-hybridized carbons (Fsp3) is 0.292. The summed E-state index contributed by atoms with van der Waals surface area (Å²) in [6.45, 7) is 3.38. The zero-order valence-corrected chi connectivity index (χ0v) is 17.2. The van der Waals surface area contributed by atoms with E-state index in [1.165, 1.54) is 5.56 Å². The number of amides is 1. The molecule has 1 N–H and O–H groups in total.